The predicted molar refractivity (Wildman–Crippen MR) is 99.8 cm³/mol. The molecule has 8 nitrogen and oxygen atoms in total. The zero-order valence-electron chi connectivity index (χ0n) is 15.2. The van der Waals surface area contributed by atoms with Crippen molar-refractivity contribution in [2.45, 2.75) is 4.90 Å². The first-order valence-electron chi connectivity index (χ1n) is 8.11. The van der Waals surface area contributed by atoms with Crippen LogP contribution in [-0.2, 0) is 14.3 Å². The second-order valence-corrected chi connectivity index (χ2v) is 6.21. The standard InChI is InChI=1S/C18H17FN4O4S/c1-25-17(24)10-26-11-27-16-8-13(12-5-6-15(19)21-9-12)23(22-16)18-14(28-2)4-3-7-20-18/h3-9H,10-11H2,1-2H3. The molecule has 0 spiro atoms. The van der Waals surface area contributed by atoms with E-state index in [-0.39, 0.29) is 19.3 Å². The van der Waals surface area contributed by atoms with Crippen molar-refractivity contribution >= 4 is 17.7 Å². The first-order valence-corrected chi connectivity index (χ1v) is 9.33. The van der Waals surface area contributed by atoms with Crippen LogP contribution in [0.25, 0.3) is 17.1 Å². The molecule has 0 unspecified atom stereocenters. The van der Waals surface area contributed by atoms with Gasteiger partial charge < -0.3 is 14.2 Å². The third-order valence-corrected chi connectivity index (χ3v) is 4.38. The van der Waals surface area contributed by atoms with Gasteiger partial charge in [0, 0.05) is 24.0 Å². The number of nitrogens with zero attached hydrogens (tertiary/aromatic N) is 4. The third kappa shape index (κ3) is 4.65. The molecule has 146 valence electrons. The zero-order valence-corrected chi connectivity index (χ0v) is 16.0. The SMILES string of the molecule is COC(=O)COCOc1cc(-c2ccc(F)nc2)n(-c2ncccc2SC)n1. The molecule has 0 atom stereocenters. The minimum absolute atomic E-state index is 0.190. The van der Waals surface area contributed by atoms with E-state index in [0.717, 1.165) is 4.90 Å². The lowest BCUT2D eigenvalue weighted by atomic mass is 10.2. The van der Waals surface area contributed by atoms with Crippen molar-refractivity contribution in [2.24, 2.45) is 0 Å². The van der Waals surface area contributed by atoms with Gasteiger partial charge in [0.1, 0.15) is 6.61 Å². The van der Waals surface area contributed by atoms with Gasteiger partial charge in [0.05, 0.1) is 17.7 Å². The number of carbonyl (C=O) groups excluding carboxylic acids is 1. The monoisotopic (exact) mass is 404 g/mol. The highest BCUT2D eigenvalue weighted by molar-refractivity contribution is 7.98. The summed E-state index contributed by atoms with van der Waals surface area (Å²) in [6.07, 6.45) is 4.99. The van der Waals surface area contributed by atoms with E-state index in [1.54, 1.807) is 23.0 Å². The van der Waals surface area contributed by atoms with Gasteiger partial charge in [0.25, 0.3) is 0 Å². The number of carbonyl (C=O) groups is 1. The Morgan fingerprint density at radius 3 is 2.86 bits per heavy atom. The molecular weight excluding hydrogens is 387 g/mol. The lowest BCUT2D eigenvalue weighted by molar-refractivity contribution is -0.148. The van der Waals surface area contributed by atoms with E-state index in [2.05, 4.69) is 19.8 Å². The number of halogens is 1. The molecule has 0 fully saturated rings. The van der Waals surface area contributed by atoms with E-state index in [1.165, 1.54) is 31.1 Å². The van der Waals surface area contributed by atoms with Gasteiger partial charge in [-0.3, -0.25) is 0 Å². The van der Waals surface area contributed by atoms with Crippen LogP contribution in [0.5, 0.6) is 5.88 Å². The average Bonchev–Trinajstić information content (AvgIpc) is 3.15. The molecule has 0 aliphatic rings. The molecule has 28 heavy (non-hydrogen) atoms. The molecule has 0 aliphatic heterocycles. The van der Waals surface area contributed by atoms with Gasteiger partial charge in [0.15, 0.2) is 12.6 Å². The number of thioether (sulfide) groups is 1. The van der Waals surface area contributed by atoms with Gasteiger partial charge in [-0.05, 0) is 30.5 Å². The summed E-state index contributed by atoms with van der Waals surface area (Å²) in [5.74, 6) is -0.239. The summed E-state index contributed by atoms with van der Waals surface area (Å²) in [7, 11) is 1.27. The summed E-state index contributed by atoms with van der Waals surface area (Å²) in [5, 5.41) is 4.43. The van der Waals surface area contributed by atoms with Crippen LogP contribution < -0.4 is 4.74 Å². The maximum Gasteiger partial charge on any atom is 0.331 e. The van der Waals surface area contributed by atoms with E-state index in [1.807, 2.05) is 18.4 Å². The van der Waals surface area contributed by atoms with Crippen LogP contribution in [0.2, 0.25) is 0 Å². The van der Waals surface area contributed by atoms with Crippen LogP contribution in [0.3, 0.4) is 0 Å². The zero-order chi connectivity index (χ0) is 19.9. The van der Waals surface area contributed by atoms with Gasteiger partial charge in [-0.15, -0.1) is 16.9 Å². The van der Waals surface area contributed by atoms with Crippen molar-refractivity contribution in [3.05, 3.63) is 48.7 Å². The predicted octanol–water partition coefficient (Wildman–Crippen LogP) is 2.72. The van der Waals surface area contributed by atoms with Crippen LogP contribution in [0.15, 0.2) is 47.6 Å². The Morgan fingerprint density at radius 1 is 1.29 bits per heavy atom. The van der Waals surface area contributed by atoms with Crippen LogP contribution in [-0.4, -0.2) is 52.5 Å². The number of ether oxygens (including phenoxy) is 3. The first-order chi connectivity index (χ1) is 13.6. The Labute approximate surface area is 164 Å². The number of esters is 1. The second kappa shape index (κ2) is 9.29. The molecule has 0 N–H and O–H groups in total. The molecule has 3 aromatic heterocycles. The largest absolute Gasteiger partial charge is 0.467 e. The molecule has 0 aromatic carbocycles. The Balaban J connectivity index is 1.91. The Kier molecular flexibility index (Phi) is 6.56. The normalized spacial score (nSPS) is 10.7. The highest BCUT2D eigenvalue weighted by atomic mass is 32.2. The molecule has 10 heteroatoms. The topological polar surface area (TPSA) is 88.4 Å². The van der Waals surface area contributed by atoms with Crippen molar-refractivity contribution in [1.29, 1.82) is 0 Å². The van der Waals surface area contributed by atoms with Gasteiger partial charge in [-0.25, -0.2) is 19.4 Å². The van der Waals surface area contributed by atoms with Crippen molar-refractivity contribution < 1.29 is 23.4 Å². The fourth-order valence-electron chi connectivity index (χ4n) is 2.31. The minimum Gasteiger partial charge on any atom is -0.467 e. The lowest BCUT2D eigenvalue weighted by Gasteiger charge is -2.09. The fourth-order valence-corrected chi connectivity index (χ4v) is 2.85. The summed E-state index contributed by atoms with van der Waals surface area (Å²) in [6, 6.07) is 8.27. The summed E-state index contributed by atoms with van der Waals surface area (Å²) < 4.78 is 29.9. The van der Waals surface area contributed by atoms with Crippen molar-refractivity contribution in [2.75, 3.05) is 26.8 Å². The molecule has 0 saturated heterocycles. The van der Waals surface area contributed by atoms with Gasteiger partial charge in [-0.2, -0.15) is 4.39 Å². The summed E-state index contributed by atoms with van der Waals surface area (Å²) in [6.45, 7) is -0.423. The molecule has 3 aromatic rings. The lowest BCUT2D eigenvalue weighted by Crippen LogP contribution is -2.13. The van der Waals surface area contributed by atoms with Crippen LogP contribution in [0.1, 0.15) is 0 Å². The van der Waals surface area contributed by atoms with Crippen LogP contribution >= 0.6 is 11.8 Å². The second-order valence-electron chi connectivity index (χ2n) is 5.37. The summed E-state index contributed by atoms with van der Waals surface area (Å²) in [5.41, 5.74) is 1.25. The number of methoxy groups -OCH3 is 1. The Morgan fingerprint density at radius 2 is 2.14 bits per heavy atom. The number of rotatable bonds is 8. The Bertz CT molecular complexity index is 949. The van der Waals surface area contributed by atoms with Crippen LogP contribution in [0, 0.1) is 5.95 Å². The molecule has 0 saturated carbocycles. The highest BCUT2D eigenvalue weighted by Crippen LogP contribution is 2.29. The van der Waals surface area contributed by atoms with E-state index < -0.39 is 11.9 Å². The Hall–Kier alpha value is -2.98. The molecule has 0 bridgehead atoms. The fraction of sp³-hybridized carbons (Fsp3) is 0.222. The van der Waals surface area contributed by atoms with Gasteiger partial charge >= 0.3 is 5.97 Å². The van der Waals surface area contributed by atoms with Crippen LogP contribution in [0.4, 0.5) is 4.39 Å². The molecule has 3 rings (SSSR count). The summed E-state index contributed by atoms with van der Waals surface area (Å²) >= 11 is 1.52. The number of pyridine rings is 2. The summed E-state index contributed by atoms with van der Waals surface area (Å²) in [4.78, 5) is 20.1. The maximum atomic E-state index is 13.2. The van der Waals surface area contributed by atoms with Crippen molar-refractivity contribution in [1.82, 2.24) is 19.7 Å². The van der Waals surface area contributed by atoms with E-state index in [0.29, 0.717) is 17.1 Å². The smallest absolute Gasteiger partial charge is 0.331 e. The van der Waals surface area contributed by atoms with Crippen molar-refractivity contribution in [3.63, 3.8) is 0 Å². The first kappa shape index (κ1) is 19.8. The highest BCUT2D eigenvalue weighted by Gasteiger charge is 2.17. The minimum atomic E-state index is -0.579. The number of hydrogen-bond acceptors (Lipinski definition) is 8. The van der Waals surface area contributed by atoms with E-state index in [9.17, 15) is 9.18 Å². The molecule has 3 heterocycles. The average molecular weight is 404 g/mol. The number of hydrogen-bond donors (Lipinski definition) is 0. The molecule has 0 amide bonds. The van der Waals surface area contributed by atoms with Crippen molar-refractivity contribution in [3.8, 4) is 23.0 Å². The quantitative estimate of drug-likeness (QED) is 0.186. The van der Waals surface area contributed by atoms with E-state index in [4.69, 9.17) is 9.47 Å². The van der Waals surface area contributed by atoms with Gasteiger partial charge in [0.2, 0.25) is 11.8 Å². The molecular formula is C18H17FN4O4S. The van der Waals surface area contributed by atoms with Gasteiger partial charge in [-0.1, -0.05) is 0 Å². The third-order valence-electron chi connectivity index (χ3n) is 3.62. The number of aromatic nitrogens is 4. The van der Waals surface area contributed by atoms with E-state index >= 15 is 0 Å². The molecule has 0 radical (unpaired) electrons. The maximum absolute atomic E-state index is 13.2. The molecule has 0 aliphatic carbocycles.